The highest BCUT2D eigenvalue weighted by molar-refractivity contribution is 7.10. The van der Waals surface area contributed by atoms with E-state index < -0.39 is 0 Å². The highest BCUT2D eigenvalue weighted by atomic mass is 35.5. The van der Waals surface area contributed by atoms with E-state index in [-0.39, 0.29) is 5.78 Å². The second kappa shape index (κ2) is 4.13. The Balaban J connectivity index is 2.46. The van der Waals surface area contributed by atoms with Crippen molar-refractivity contribution < 1.29 is 4.79 Å². The standard InChI is InChI=1S/C11H8ClNOS/c1-7-8(4-6-15-7)11(14)10-9(12)3-2-5-13-10/h2-6H,1H3. The maximum atomic E-state index is 12.0. The molecule has 0 aliphatic rings. The number of aromatic nitrogens is 1. The van der Waals surface area contributed by atoms with Crippen LogP contribution < -0.4 is 0 Å². The van der Waals surface area contributed by atoms with E-state index in [1.807, 2.05) is 12.3 Å². The second-order valence-corrected chi connectivity index (χ2v) is 4.58. The molecular formula is C11H8ClNOS. The summed E-state index contributed by atoms with van der Waals surface area (Å²) in [6.07, 6.45) is 1.57. The smallest absolute Gasteiger partial charge is 0.213 e. The van der Waals surface area contributed by atoms with Gasteiger partial charge in [0.2, 0.25) is 5.78 Å². The topological polar surface area (TPSA) is 30.0 Å². The molecule has 0 aliphatic heterocycles. The minimum absolute atomic E-state index is 0.112. The molecule has 15 heavy (non-hydrogen) atoms. The first-order chi connectivity index (χ1) is 7.20. The lowest BCUT2D eigenvalue weighted by atomic mass is 10.1. The summed E-state index contributed by atoms with van der Waals surface area (Å²) in [5.74, 6) is -0.112. The molecule has 0 spiro atoms. The predicted octanol–water partition coefficient (Wildman–Crippen LogP) is 3.34. The number of carbonyl (C=O) groups is 1. The van der Waals surface area contributed by atoms with Gasteiger partial charge in [0.05, 0.1) is 5.02 Å². The van der Waals surface area contributed by atoms with Crippen LogP contribution in [0.4, 0.5) is 0 Å². The number of aryl methyl sites for hydroxylation is 1. The zero-order chi connectivity index (χ0) is 10.8. The minimum atomic E-state index is -0.112. The molecule has 0 radical (unpaired) electrons. The van der Waals surface area contributed by atoms with Gasteiger partial charge < -0.3 is 0 Å². The molecule has 0 atom stereocenters. The van der Waals surface area contributed by atoms with E-state index in [9.17, 15) is 4.79 Å². The average molecular weight is 238 g/mol. The zero-order valence-corrected chi connectivity index (χ0v) is 9.60. The van der Waals surface area contributed by atoms with Crippen molar-refractivity contribution in [3.05, 3.63) is 50.9 Å². The van der Waals surface area contributed by atoms with Gasteiger partial charge in [0.25, 0.3) is 0 Å². The number of rotatable bonds is 2. The molecule has 0 N–H and O–H groups in total. The molecule has 0 bridgehead atoms. The van der Waals surface area contributed by atoms with Crippen molar-refractivity contribution in [2.75, 3.05) is 0 Å². The van der Waals surface area contributed by atoms with Crippen LogP contribution >= 0.6 is 22.9 Å². The van der Waals surface area contributed by atoms with Gasteiger partial charge >= 0.3 is 0 Å². The third-order valence-corrected chi connectivity index (χ3v) is 3.23. The highest BCUT2D eigenvalue weighted by Crippen LogP contribution is 2.21. The van der Waals surface area contributed by atoms with Crippen LogP contribution in [0.25, 0.3) is 0 Å². The minimum Gasteiger partial charge on any atom is -0.287 e. The third kappa shape index (κ3) is 1.94. The number of pyridine rings is 1. The lowest BCUT2D eigenvalue weighted by Gasteiger charge is -2.00. The molecule has 0 saturated carbocycles. The van der Waals surface area contributed by atoms with Gasteiger partial charge in [-0.25, -0.2) is 0 Å². The van der Waals surface area contributed by atoms with Crippen molar-refractivity contribution >= 4 is 28.7 Å². The first kappa shape index (κ1) is 10.3. The number of hydrogen-bond acceptors (Lipinski definition) is 3. The number of halogens is 1. The van der Waals surface area contributed by atoms with Gasteiger partial charge in [-0.05, 0) is 30.5 Å². The Labute approximate surface area is 96.5 Å². The van der Waals surface area contributed by atoms with E-state index in [4.69, 9.17) is 11.6 Å². The molecule has 0 saturated heterocycles. The van der Waals surface area contributed by atoms with Crippen LogP contribution in [-0.2, 0) is 0 Å². The molecule has 2 nitrogen and oxygen atoms in total. The summed E-state index contributed by atoms with van der Waals surface area (Å²) in [6, 6.07) is 5.18. The van der Waals surface area contributed by atoms with E-state index >= 15 is 0 Å². The Kier molecular flexibility index (Phi) is 2.84. The fourth-order valence-electron chi connectivity index (χ4n) is 1.30. The lowest BCUT2D eigenvalue weighted by molar-refractivity contribution is 0.103. The van der Waals surface area contributed by atoms with E-state index in [1.165, 1.54) is 0 Å². The van der Waals surface area contributed by atoms with Crippen molar-refractivity contribution in [3.8, 4) is 0 Å². The number of ketones is 1. The number of hydrogen-bond donors (Lipinski definition) is 0. The summed E-state index contributed by atoms with van der Waals surface area (Å²) >= 11 is 7.45. The molecule has 2 rings (SSSR count). The Bertz CT molecular complexity index is 507. The summed E-state index contributed by atoms with van der Waals surface area (Å²) in [5, 5.41) is 2.28. The van der Waals surface area contributed by atoms with Crippen molar-refractivity contribution in [1.82, 2.24) is 4.98 Å². The molecule has 76 valence electrons. The zero-order valence-electron chi connectivity index (χ0n) is 8.03. The van der Waals surface area contributed by atoms with E-state index in [0.29, 0.717) is 16.3 Å². The molecule has 0 aromatic carbocycles. The molecule has 0 aliphatic carbocycles. The maximum absolute atomic E-state index is 12.0. The Morgan fingerprint density at radius 1 is 1.47 bits per heavy atom. The van der Waals surface area contributed by atoms with Gasteiger partial charge in [0.1, 0.15) is 5.69 Å². The molecule has 0 unspecified atom stereocenters. The highest BCUT2D eigenvalue weighted by Gasteiger charge is 2.16. The SMILES string of the molecule is Cc1sccc1C(=O)c1ncccc1Cl. The molecule has 0 amide bonds. The molecule has 4 heteroatoms. The van der Waals surface area contributed by atoms with Gasteiger partial charge in [-0.1, -0.05) is 11.6 Å². The average Bonchev–Trinajstić information content (AvgIpc) is 2.64. The van der Waals surface area contributed by atoms with Gasteiger partial charge in [0.15, 0.2) is 0 Å². The number of nitrogens with zero attached hydrogens (tertiary/aromatic N) is 1. The summed E-state index contributed by atoms with van der Waals surface area (Å²) in [4.78, 5) is 17.0. The quantitative estimate of drug-likeness (QED) is 0.750. The van der Waals surface area contributed by atoms with Crippen LogP contribution in [0.3, 0.4) is 0 Å². The maximum Gasteiger partial charge on any atom is 0.213 e. The summed E-state index contributed by atoms with van der Waals surface area (Å²) in [6.45, 7) is 1.91. The largest absolute Gasteiger partial charge is 0.287 e. The van der Waals surface area contributed by atoms with Gasteiger partial charge in [-0.3, -0.25) is 9.78 Å². The molecule has 0 fully saturated rings. The first-order valence-electron chi connectivity index (χ1n) is 4.39. The Morgan fingerprint density at radius 2 is 2.27 bits per heavy atom. The Morgan fingerprint density at radius 3 is 2.87 bits per heavy atom. The lowest BCUT2D eigenvalue weighted by Crippen LogP contribution is -2.04. The van der Waals surface area contributed by atoms with Crippen LogP contribution in [-0.4, -0.2) is 10.8 Å². The van der Waals surface area contributed by atoms with E-state index in [1.54, 1.807) is 35.7 Å². The Hall–Kier alpha value is -1.19. The molecule has 2 aromatic rings. The number of thiophene rings is 1. The number of carbonyl (C=O) groups excluding carboxylic acids is 1. The van der Waals surface area contributed by atoms with Crippen LogP contribution in [0, 0.1) is 6.92 Å². The fraction of sp³-hybridized carbons (Fsp3) is 0.0909. The van der Waals surface area contributed by atoms with E-state index in [2.05, 4.69) is 4.98 Å². The fourth-order valence-corrected chi connectivity index (χ4v) is 2.20. The summed E-state index contributed by atoms with van der Waals surface area (Å²) < 4.78 is 0. The van der Waals surface area contributed by atoms with Gasteiger partial charge in [-0.2, -0.15) is 0 Å². The summed E-state index contributed by atoms with van der Waals surface area (Å²) in [5.41, 5.74) is 1.00. The molecular weight excluding hydrogens is 230 g/mol. The molecule has 2 aromatic heterocycles. The second-order valence-electron chi connectivity index (χ2n) is 3.05. The van der Waals surface area contributed by atoms with Crippen molar-refractivity contribution in [3.63, 3.8) is 0 Å². The van der Waals surface area contributed by atoms with Gasteiger partial charge in [-0.15, -0.1) is 11.3 Å². The molecule has 2 heterocycles. The first-order valence-corrected chi connectivity index (χ1v) is 5.65. The summed E-state index contributed by atoms with van der Waals surface area (Å²) in [7, 11) is 0. The van der Waals surface area contributed by atoms with Crippen LogP contribution in [0.2, 0.25) is 5.02 Å². The predicted molar refractivity (Wildman–Crippen MR) is 61.7 cm³/mol. The van der Waals surface area contributed by atoms with Crippen LogP contribution in [0.1, 0.15) is 20.9 Å². The van der Waals surface area contributed by atoms with Crippen LogP contribution in [0.15, 0.2) is 29.8 Å². The van der Waals surface area contributed by atoms with E-state index in [0.717, 1.165) is 4.88 Å². The van der Waals surface area contributed by atoms with Crippen molar-refractivity contribution in [2.45, 2.75) is 6.92 Å². The van der Waals surface area contributed by atoms with Crippen molar-refractivity contribution in [1.29, 1.82) is 0 Å². The van der Waals surface area contributed by atoms with Crippen molar-refractivity contribution in [2.24, 2.45) is 0 Å². The van der Waals surface area contributed by atoms with Crippen LogP contribution in [0.5, 0.6) is 0 Å². The van der Waals surface area contributed by atoms with Gasteiger partial charge in [0, 0.05) is 16.6 Å². The monoisotopic (exact) mass is 237 g/mol. The third-order valence-electron chi connectivity index (χ3n) is 2.08. The normalized spacial score (nSPS) is 10.3.